The van der Waals surface area contributed by atoms with Crippen molar-refractivity contribution in [2.24, 2.45) is 11.3 Å². The molecule has 0 aromatic heterocycles. The number of rotatable bonds is 2. The maximum absolute atomic E-state index is 11.9. The Morgan fingerprint density at radius 2 is 1.90 bits per heavy atom. The van der Waals surface area contributed by atoms with Crippen LogP contribution in [0.5, 0.6) is 0 Å². The van der Waals surface area contributed by atoms with Gasteiger partial charge in [-0.15, -0.1) is 0 Å². The molecule has 0 aromatic rings. The zero-order valence-corrected chi connectivity index (χ0v) is 12.0. The molecule has 1 N–H and O–H groups in total. The molecule has 112 valence electrons. The summed E-state index contributed by atoms with van der Waals surface area (Å²) in [6.07, 6.45) is 0.234. The monoisotopic (exact) mass is 284 g/mol. The van der Waals surface area contributed by atoms with Crippen LogP contribution in [0, 0.1) is 11.3 Å². The first-order chi connectivity index (χ1) is 9.17. The van der Waals surface area contributed by atoms with Gasteiger partial charge in [0.15, 0.2) is 0 Å². The van der Waals surface area contributed by atoms with Gasteiger partial charge in [-0.3, -0.25) is 9.59 Å². The number of nitrogens with zero attached hydrogens (tertiary/aromatic N) is 2. The van der Waals surface area contributed by atoms with Crippen LogP contribution >= 0.6 is 0 Å². The van der Waals surface area contributed by atoms with E-state index in [1.165, 1.54) is 9.80 Å². The van der Waals surface area contributed by atoms with Crippen molar-refractivity contribution in [1.82, 2.24) is 9.80 Å². The van der Waals surface area contributed by atoms with Gasteiger partial charge in [-0.25, -0.2) is 4.79 Å². The molecule has 2 aliphatic heterocycles. The number of amides is 2. The van der Waals surface area contributed by atoms with Crippen molar-refractivity contribution in [2.45, 2.75) is 26.4 Å². The SMILES string of the molecule is CC(C)(C)OC(=O)N1CC2(CN(C=O)CC2C(=O)O)C1. The molecular formula is C13H20N2O5. The largest absolute Gasteiger partial charge is 0.481 e. The van der Waals surface area contributed by atoms with Crippen LogP contribution in [0.2, 0.25) is 0 Å². The number of likely N-dealkylation sites (tertiary alicyclic amines) is 2. The van der Waals surface area contributed by atoms with Gasteiger partial charge in [-0.1, -0.05) is 0 Å². The van der Waals surface area contributed by atoms with E-state index in [2.05, 4.69) is 0 Å². The van der Waals surface area contributed by atoms with Crippen molar-refractivity contribution >= 4 is 18.5 Å². The fourth-order valence-corrected chi connectivity index (χ4v) is 2.92. The van der Waals surface area contributed by atoms with Gasteiger partial charge in [0.25, 0.3) is 0 Å². The number of ether oxygens (including phenoxy) is 1. The van der Waals surface area contributed by atoms with Gasteiger partial charge in [-0.2, -0.15) is 0 Å². The number of hydrogen-bond donors (Lipinski definition) is 1. The fourth-order valence-electron chi connectivity index (χ4n) is 2.92. The van der Waals surface area contributed by atoms with Gasteiger partial charge in [0.1, 0.15) is 5.60 Å². The highest BCUT2D eigenvalue weighted by atomic mass is 16.6. The van der Waals surface area contributed by atoms with Crippen LogP contribution in [0.1, 0.15) is 20.8 Å². The summed E-state index contributed by atoms with van der Waals surface area (Å²) in [6.45, 7) is 6.58. The molecule has 0 aromatic carbocycles. The predicted octanol–water partition coefficient (Wildman–Crippen LogP) is 0.396. The second kappa shape index (κ2) is 4.64. The van der Waals surface area contributed by atoms with E-state index >= 15 is 0 Å². The molecule has 0 aliphatic carbocycles. The molecular weight excluding hydrogens is 264 g/mol. The molecule has 0 saturated carbocycles. The lowest BCUT2D eigenvalue weighted by molar-refractivity contribution is -0.149. The molecule has 1 spiro atoms. The Kier molecular flexibility index (Phi) is 3.39. The van der Waals surface area contributed by atoms with Crippen molar-refractivity contribution in [3.05, 3.63) is 0 Å². The van der Waals surface area contributed by atoms with Crippen LogP contribution in [0.25, 0.3) is 0 Å². The fraction of sp³-hybridized carbons (Fsp3) is 0.769. The highest BCUT2D eigenvalue weighted by Gasteiger charge is 2.58. The average molecular weight is 284 g/mol. The van der Waals surface area contributed by atoms with Crippen LogP contribution in [-0.4, -0.2) is 65.2 Å². The molecule has 2 fully saturated rings. The van der Waals surface area contributed by atoms with E-state index in [0.29, 0.717) is 26.0 Å². The Balaban J connectivity index is 2.01. The molecule has 1 atom stereocenters. The first-order valence-electron chi connectivity index (χ1n) is 6.57. The summed E-state index contributed by atoms with van der Waals surface area (Å²) in [4.78, 5) is 37.0. The van der Waals surface area contributed by atoms with Crippen molar-refractivity contribution in [1.29, 1.82) is 0 Å². The smallest absolute Gasteiger partial charge is 0.410 e. The van der Waals surface area contributed by atoms with Gasteiger partial charge in [-0.05, 0) is 20.8 Å². The third-order valence-electron chi connectivity index (χ3n) is 3.78. The minimum absolute atomic E-state index is 0.209. The van der Waals surface area contributed by atoms with Crippen LogP contribution in [0.3, 0.4) is 0 Å². The van der Waals surface area contributed by atoms with Crippen LogP contribution in [0.15, 0.2) is 0 Å². The molecule has 2 amide bonds. The molecule has 2 aliphatic rings. The number of hydrogen-bond acceptors (Lipinski definition) is 4. The third kappa shape index (κ3) is 2.57. The maximum atomic E-state index is 11.9. The number of carbonyl (C=O) groups is 3. The molecule has 2 rings (SSSR count). The van der Waals surface area contributed by atoms with Crippen molar-refractivity contribution in [2.75, 3.05) is 26.2 Å². The summed E-state index contributed by atoms with van der Waals surface area (Å²) in [7, 11) is 0. The van der Waals surface area contributed by atoms with Crippen molar-refractivity contribution < 1.29 is 24.2 Å². The quantitative estimate of drug-likeness (QED) is 0.741. The number of aliphatic carboxylic acids is 1. The standard InChI is InChI=1S/C13H20N2O5/c1-12(2,3)20-11(19)15-6-13(7-15)5-14(8-16)4-9(13)10(17)18/h8-9H,4-7H2,1-3H3,(H,17,18). The summed E-state index contributed by atoms with van der Waals surface area (Å²) in [6, 6.07) is 0. The Bertz CT molecular complexity index is 437. The predicted molar refractivity (Wildman–Crippen MR) is 69.0 cm³/mol. The van der Waals surface area contributed by atoms with E-state index in [-0.39, 0.29) is 6.54 Å². The first-order valence-corrected chi connectivity index (χ1v) is 6.57. The Morgan fingerprint density at radius 1 is 1.30 bits per heavy atom. The normalized spacial score (nSPS) is 24.4. The molecule has 2 heterocycles. The molecule has 7 heteroatoms. The summed E-state index contributed by atoms with van der Waals surface area (Å²) in [5.74, 6) is -1.54. The summed E-state index contributed by atoms with van der Waals surface area (Å²) < 4.78 is 5.25. The Morgan fingerprint density at radius 3 is 2.35 bits per heavy atom. The van der Waals surface area contributed by atoms with E-state index in [4.69, 9.17) is 4.74 Å². The van der Waals surface area contributed by atoms with Gasteiger partial charge in [0.2, 0.25) is 6.41 Å². The van der Waals surface area contributed by atoms with Gasteiger partial charge >= 0.3 is 12.1 Å². The highest BCUT2D eigenvalue weighted by Crippen LogP contribution is 2.44. The van der Waals surface area contributed by atoms with Gasteiger partial charge < -0.3 is 19.6 Å². The summed E-state index contributed by atoms with van der Waals surface area (Å²) in [5, 5.41) is 9.26. The van der Waals surface area contributed by atoms with Crippen molar-refractivity contribution in [3.8, 4) is 0 Å². The average Bonchev–Trinajstić information content (AvgIpc) is 2.63. The lowest BCUT2D eigenvalue weighted by Crippen LogP contribution is -2.63. The molecule has 20 heavy (non-hydrogen) atoms. The minimum Gasteiger partial charge on any atom is -0.481 e. The van der Waals surface area contributed by atoms with E-state index < -0.39 is 29.0 Å². The molecule has 0 radical (unpaired) electrons. The summed E-state index contributed by atoms with van der Waals surface area (Å²) >= 11 is 0. The van der Waals surface area contributed by atoms with E-state index in [1.54, 1.807) is 20.8 Å². The second-order valence-corrected chi connectivity index (χ2v) is 6.62. The van der Waals surface area contributed by atoms with Crippen molar-refractivity contribution in [3.63, 3.8) is 0 Å². The van der Waals surface area contributed by atoms with E-state index in [9.17, 15) is 19.5 Å². The van der Waals surface area contributed by atoms with Gasteiger partial charge in [0, 0.05) is 31.6 Å². The van der Waals surface area contributed by atoms with Crippen LogP contribution in [0.4, 0.5) is 4.79 Å². The lowest BCUT2D eigenvalue weighted by atomic mass is 9.72. The van der Waals surface area contributed by atoms with Crippen LogP contribution < -0.4 is 0 Å². The topological polar surface area (TPSA) is 87.2 Å². The third-order valence-corrected chi connectivity index (χ3v) is 3.78. The maximum Gasteiger partial charge on any atom is 0.410 e. The van der Waals surface area contributed by atoms with Crippen LogP contribution in [-0.2, 0) is 14.3 Å². The van der Waals surface area contributed by atoms with E-state index in [0.717, 1.165) is 0 Å². The summed E-state index contributed by atoms with van der Waals surface area (Å²) in [5.41, 5.74) is -1.10. The highest BCUT2D eigenvalue weighted by molar-refractivity contribution is 5.75. The molecule has 2 saturated heterocycles. The molecule has 7 nitrogen and oxygen atoms in total. The molecule has 1 unspecified atom stereocenters. The zero-order chi connectivity index (χ0) is 15.1. The number of carboxylic acid groups (broad SMARTS) is 1. The zero-order valence-electron chi connectivity index (χ0n) is 12.0. The first kappa shape index (κ1) is 14.6. The number of carbonyl (C=O) groups excluding carboxylic acids is 2. The Hall–Kier alpha value is -1.79. The molecule has 0 bridgehead atoms. The number of carboxylic acids is 1. The van der Waals surface area contributed by atoms with Gasteiger partial charge in [0.05, 0.1) is 5.92 Å². The Labute approximate surface area is 117 Å². The van der Waals surface area contributed by atoms with E-state index in [1.807, 2.05) is 0 Å². The minimum atomic E-state index is -0.918. The lowest BCUT2D eigenvalue weighted by Gasteiger charge is -2.49. The second-order valence-electron chi connectivity index (χ2n) is 6.62.